The van der Waals surface area contributed by atoms with Crippen molar-refractivity contribution in [3.63, 3.8) is 0 Å². The molecule has 1 fully saturated rings. The van der Waals surface area contributed by atoms with Crippen molar-refractivity contribution in [2.45, 2.75) is 19.8 Å². The summed E-state index contributed by atoms with van der Waals surface area (Å²) < 4.78 is 5.67. The number of ketones is 1. The molecule has 3 aromatic rings. The van der Waals surface area contributed by atoms with Gasteiger partial charge in [0.05, 0.1) is 21.7 Å². The highest BCUT2D eigenvalue weighted by Crippen LogP contribution is 2.38. The van der Waals surface area contributed by atoms with Crippen molar-refractivity contribution in [3.05, 3.63) is 116 Å². The van der Waals surface area contributed by atoms with Gasteiger partial charge < -0.3 is 4.74 Å². The van der Waals surface area contributed by atoms with Gasteiger partial charge in [-0.1, -0.05) is 11.6 Å². The SMILES string of the molecule is CC1=CC[C@@H]2C(=O)N(N(CC(=O)c3ccc(Oc4ccc([N+](=O)[O-])cc4)cc3)C(=O)c3ccc([N+](=O)[O-])cc3)C(=O)[C@H]2C1. The van der Waals surface area contributed by atoms with Crippen LogP contribution in [0.3, 0.4) is 0 Å². The molecule has 43 heavy (non-hydrogen) atoms. The molecule has 0 saturated carbocycles. The van der Waals surface area contributed by atoms with Gasteiger partial charge in [0, 0.05) is 35.4 Å². The van der Waals surface area contributed by atoms with Crippen LogP contribution in [0.4, 0.5) is 11.4 Å². The predicted molar refractivity (Wildman–Crippen MR) is 150 cm³/mol. The summed E-state index contributed by atoms with van der Waals surface area (Å²) in [7, 11) is 0. The summed E-state index contributed by atoms with van der Waals surface area (Å²) in [6, 6.07) is 16.0. The first kappa shape index (κ1) is 28.8. The number of imide groups is 1. The van der Waals surface area contributed by atoms with Crippen molar-refractivity contribution in [1.82, 2.24) is 10.0 Å². The average Bonchev–Trinajstić information content (AvgIpc) is 3.24. The molecule has 0 radical (unpaired) electrons. The zero-order valence-electron chi connectivity index (χ0n) is 22.7. The highest BCUT2D eigenvalue weighted by Gasteiger charge is 2.51. The normalized spacial score (nSPS) is 17.6. The quantitative estimate of drug-likeness (QED) is 0.112. The highest BCUT2D eigenvalue weighted by molar-refractivity contribution is 6.09. The highest BCUT2D eigenvalue weighted by atomic mass is 16.6. The maximum Gasteiger partial charge on any atom is 0.273 e. The van der Waals surface area contributed by atoms with Crippen molar-refractivity contribution < 1.29 is 33.8 Å². The van der Waals surface area contributed by atoms with Crippen LogP contribution >= 0.6 is 0 Å². The summed E-state index contributed by atoms with van der Waals surface area (Å²) in [6.45, 7) is 1.21. The Morgan fingerprint density at radius 2 is 1.30 bits per heavy atom. The lowest BCUT2D eigenvalue weighted by atomic mass is 9.82. The molecule has 5 rings (SSSR count). The molecule has 0 bridgehead atoms. The Kier molecular flexibility index (Phi) is 7.80. The molecule has 13 heteroatoms. The molecule has 0 N–H and O–H groups in total. The van der Waals surface area contributed by atoms with E-state index in [1.807, 2.05) is 13.0 Å². The minimum Gasteiger partial charge on any atom is -0.457 e. The Balaban J connectivity index is 1.38. The molecule has 0 unspecified atom stereocenters. The standard InChI is InChI=1S/C30H24N4O9/c1-18-2-15-25-26(16-18)30(38)32(29(25)37)31(28(36)20-3-7-21(8-4-20)33(39)40)17-27(35)19-5-11-23(12-6-19)43-24-13-9-22(10-14-24)34(41)42/h2-14,25-26H,15-17H2,1H3/t25-,26-/m0/s1. The van der Waals surface area contributed by atoms with Crippen LogP contribution in [0.15, 0.2) is 84.4 Å². The first-order valence-electron chi connectivity index (χ1n) is 13.2. The second kappa shape index (κ2) is 11.6. The van der Waals surface area contributed by atoms with Gasteiger partial charge in [0.15, 0.2) is 5.78 Å². The van der Waals surface area contributed by atoms with E-state index in [2.05, 4.69) is 0 Å². The second-order valence-electron chi connectivity index (χ2n) is 10.2. The van der Waals surface area contributed by atoms with Gasteiger partial charge in [-0.15, -0.1) is 0 Å². The van der Waals surface area contributed by atoms with Gasteiger partial charge in [-0.05, 0) is 68.3 Å². The van der Waals surface area contributed by atoms with Crippen LogP contribution in [0, 0.1) is 32.1 Å². The number of hydrogen-bond acceptors (Lipinski definition) is 9. The summed E-state index contributed by atoms with van der Waals surface area (Å²) in [5.74, 6) is -3.24. The third-order valence-corrected chi connectivity index (χ3v) is 7.35. The van der Waals surface area contributed by atoms with Crippen LogP contribution in [-0.4, -0.2) is 49.9 Å². The number of rotatable bonds is 9. The number of benzene rings is 3. The van der Waals surface area contributed by atoms with E-state index >= 15 is 0 Å². The first-order valence-corrected chi connectivity index (χ1v) is 13.2. The molecule has 3 amide bonds. The smallest absolute Gasteiger partial charge is 0.273 e. The van der Waals surface area contributed by atoms with Crippen molar-refractivity contribution in [3.8, 4) is 11.5 Å². The molecule has 2 atom stereocenters. The maximum atomic E-state index is 13.6. The minimum absolute atomic E-state index is 0.0463. The van der Waals surface area contributed by atoms with Crippen LogP contribution in [-0.2, 0) is 9.59 Å². The van der Waals surface area contributed by atoms with E-state index in [-0.39, 0.29) is 22.5 Å². The Bertz CT molecular complexity index is 1670. The van der Waals surface area contributed by atoms with Gasteiger partial charge in [-0.2, -0.15) is 5.01 Å². The lowest BCUT2D eigenvalue weighted by Gasteiger charge is -2.30. The van der Waals surface area contributed by atoms with Gasteiger partial charge in [-0.3, -0.25) is 39.4 Å². The van der Waals surface area contributed by atoms with Crippen LogP contribution < -0.4 is 4.74 Å². The van der Waals surface area contributed by atoms with Gasteiger partial charge in [-0.25, -0.2) is 5.01 Å². The predicted octanol–water partition coefficient (Wildman–Crippen LogP) is 4.88. The molecule has 1 aliphatic heterocycles. The summed E-state index contributed by atoms with van der Waals surface area (Å²) in [5, 5.41) is 23.5. The fraction of sp³-hybridized carbons (Fsp3) is 0.200. The van der Waals surface area contributed by atoms with E-state index in [4.69, 9.17) is 4.74 Å². The van der Waals surface area contributed by atoms with E-state index < -0.39 is 51.7 Å². The lowest BCUT2D eigenvalue weighted by Crippen LogP contribution is -2.52. The van der Waals surface area contributed by atoms with Gasteiger partial charge >= 0.3 is 0 Å². The molecule has 218 valence electrons. The average molecular weight is 585 g/mol. The lowest BCUT2D eigenvalue weighted by molar-refractivity contribution is -0.385. The zero-order chi connectivity index (χ0) is 30.8. The molecule has 1 heterocycles. The van der Waals surface area contributed by atoms with Gasteiger partial charge in [0.2, 0.25) is 0 Å². The largest absolute Gasteiger partial charge is 0.457 e. The number of hydrazine groups is 1. The third kappa shape index (κ3) is 5.86. The Hall–Kier alpha value is -5.72. The topological polar surface area (TPSA) is 170 Å². The van der Waals surface area contributed by atoms with E-state index in [1.54, 1.807) is 0 Å². The summed E-state index contributed by atoms with van der Waals surface area (Å²) in [5.41, 5.74) is 0.712. The Morgan fingerprint density at radius 3 is 1.86 bits per heavy atom. The monoisotopic (exact) mass is 584 g/mol. The third-order valence-electron chi connectivity index (χ3n) is 7.35. The number of Topliss-reactive ketones (excluding diaryl/α,β-unsaturated/α-hetero) is 1. The molecular weight excluding hydrogens is 560 g/mol. The molecule has 0 spiro atoms. The first-order chi connectivity index (χ1) is 20.5. The molecule has 0 aromatic heterocycles. The number of carbonyl (C=O) groups is 4. The summed E-state index contributed by atoms with van der Waals surface area (Å²) >= 11 is 0. The van der Waals surface area contributed by atoms with Crippen LogP contribution in [0.5, 0.6) is 11.5 Å². The fourth-order valence-electron chi connectivity index (χ4n) is 5.07. The number of nitro groups is 2. The van der Waals surface area contributed by atoms with Crippen molar-refractivity contribution in [2.24, 2.45) is 11.8 Å². The number of ether oxygens (including phenoxy) is 1. The van der Waals surface area contributed by atoms with Crippen LogP contribution in [0.25, 0.3) is 0 Å². The number of fused-ring (bicyclic) bond motifs is 1. The van der Waals surface area contributed by atoms with Crippen molar-refractivity contribution in [2.75, 3.05) is 6.54 Å². The number of hydrogen-bond donors (Lipinski definition) is 0. The number of amides is 3. The second-order valence-corrected chi connectivity index (χ2v) is 10.2. The minimum atomic E-state index is -0.841. The Labute approximate surface area is 244 Å². The summed E-state index contributed by atoms with van der Waals surface area (Å²) in [6.07, 6.45) is 2.57. The van der Waals surface area contributed by atoms with E-state index in [0.717, 1.165) is 27.7 Å². The number of allylic oxidation sites excluding steroid dienone is 2. The molecule has 1 saturated heterocycles. The van der Waals surface area contributed by atoms with Crippen molar-refractivity contribution in [1.29, 1.82) is 0 Å². The molecule has 13 nitrogen and oxygen atoms in total. The number of nitrogens with zero attached hydrogens (tertiary/aromatic N) is 4. The van der Waals surface area contributed by atoms with E-state index in [1.165, 1.54) is 60.7 Å². The van der Waals surface area contributed by atoms with Crippen LogP contribution in [0.2, 0.25) is 0 Å². The van der Waals surface area contributed by atoms with E-state index in [0.29, 0.717) is 24.3 Å². The zero-order valence-corrected chi connectivity index (χ0v) is 22.7. The molecule has 2 aliphatic rings. The Morgan fingerprint density at radius 1 is 0.814 bits per heavy atom. The van der Waals surface area contributed by atoms with Gasteiger partial charge in [0.25, 0.3) is 29.1 Å². The number of non-ortho nitro benzene ring substituents is 2. The number of nitro benzene ring substituents is 2. The molecule has 3 aromatic carbocycles. The maximum absolute atomic E-state index is 13.6. The molecule has 1 aliphatic carbocycles. The van der Waals surface area contributed by atoms with Crippen LogP contribution in [0.1, 0.15) is 40.5 Å². The van der Waals surface area contributed by atoms with E-state index in [9.17, 15) is 39.4 Å². The van der Waals surface area contributed by atoms with Gasteiger partial charge in [0.1, 0.15) is 18.0 Å². The molecular formula is C30H24N4O9. The summed E-state index contributed by atoms with van der Waals surface area (Å²) in [4.78, 5) is 74.6. The number of carbonyl (C=O) groups excluding carboxylic acids is 4. The fourth-order valence-corrected chi connectivity index (χ4v) is 5.07. The van der Waals surface area contributed by atoms with Crippen molar-refractivity contribution >= 4 is 34.9 Å².